The van der Waals surface area contributed by atoms with Crippen LogP contribution in [0.15, 0.2) is 6.07 Å². The first-order chi connectivity index (χ1) is 5.95. The molecule has 0 fully saturated rings. The van der Waals surface area contributed by atoms with E-state index in [4.69, 9.17) is 0 Å². The second kappa shape index (κ2) is 5.46. The maximum absolute atomic E-state index is 2.45. The summed E-state index contributed by atoms with van der Waals surface area (Å²) in [6.07, 6.45) is 0. The summed E-state index contributed by atoms with van der Waals surface area (Å²) in [5.74, 6) is 0.615. The molecule has 0 aliphatic carbocycles. The predicted octanol–water partition coefficient (Wildman–Crippen LogP) is 5.23. The molecule has 72 valence electrons. The number of hydrogen-bond donors (Lipinski definition) is 0. The minimum atomic E-state index is 0.615. The minimum absolute atomic E-state index is 0.615. The lowest BCUT2D eigenvalue weighted by atomic mass is 10.0. The largest absolute Gasteiger partial charge is 0.0586 e. The first-order valence-corrected chi connectivity index (χ1v) is 8.09. The van der Waals surface area contributed by atoms with Crippen molar-refractivity contribution in [2.24, 2.45) is 0 Å². The predicted molar refractivity (Wildman–Crippen MR) is 91.4 cm³/mol. The van der Waals surface area contributed by atoms with Crippen LogP contribution in [0.2, 0.25) is 0 Å². The highest BCUT2D eigenvalue weighted by Gasteiger charge is 2.14. The van der Waals surface area contributed by atoms with Crippen LogP contribution in [0, 0.1) is 14.3 Å². The number of benzene rings is 1. The zero-order chi connectivity index (χ0) is 10.2. The average Bonchev–Trinajstić information content (AvgIpc) is 1.99. The molecule has 0 spiro atoms. The van der Waals surface area contributed by atoms with Crippen LogP contribution < -0.4 is 0 Å². The van der Waals surface area contributed by atoms with Gasteiger partial charge in [-0.3, -0.25) is 0 Å². The first-order valence-electron chi connectivity index (χ1n) is 3.78. The highest BCUT2D eigenvalue weighted by atomic mass is 127. The summed E-state index contributed by atoms with van der Waals surface area (Å²) in [5, 5.41) is 0. The first kappa shape index (κ1) is 13.2. The second-order valence-electron chi connectivity index (χ2n) is 3.04. The maximum Gasteiger partial charge on any atom is 0.0401 e. The lowest BCUT2D eigenvalue weighted by Gasteiger charge is -2.13. The molecule has 0 saturated carbocycles. The van der Waals surface area contributed by atoms with Crippen molar-refractivity contribution in [3.05, 3.63) is 25.9 Å². The SMILES string of the molecule is CC(C)c1c(I)cc(I)c(I)c1I. The van der Waals surface area contributed by atoms with Gasteiger partial charge in [0.1, 0.15) is 0 Å². The van der Waals surface area contributed by atoms with E-state index in [-0.39, 0.29) is 0 Å². The van der Waals surface area contributed by atoms with E-state index in [1.54, 1.807) is 0 Å². The van der Waals surface area contributed by atoms with Gasteiger partial charge in [0.2, 0.25) is 0 Å². The van der Waals surface area contributed by atoms with Crippen LogP contribution in [-0.4, -0.2) is 0 Å². The quantitative estimate of drug-likeness (QED) is 0.229. The molecule has 0 atom stereocenters. The molecule has 1 rings (SSSR count). The van der Waals surface area contributed by atoms with E-state index in [0.717, 1.165) is 0 Å². The lowest BCUT2D eigenvalue weighted by Crippen LogP contribution is -2.00. The van der Waals surface area contributed by atoms with Crippen LogP contribution in [0.3, 0.4) is 0 Å². The highest BCUT2D eigenvalue weighted by Crippen LogP contribution is 2.32. The maximum atomic E-state index is 2.45. The van der Waals surface area contributed by atoms with Gasteiger partial charge in [0.15, 0.2) is 0 Å². The third-order valence-electron chi connectivity index (χ3n) is 1.73. The molecule has 13 heavy (non-hydrogen) atoms. The van der Waals surface area contributed by atoms with E-state index < -0.39 is 0 Å². The monoisotopic (exact) mass is 624 g/mol. The van der Waals surface area contributed by atoms with Crippen LogP contribution in [0.4, 0.5) is 0 Å². The Morgan fingerprint density at radius 1 is 0.923 bits per heavy atom. The van der Waals surface area contributed by atoms with E-state index >= 15 is 0 Å². The zero-order valence-electron chi connectivity index (χ0n) is 7.17. The van der Waals surface area contributed by atoms with Gasteiger partial charge in [0.25, 0.3) is 0 Å². The van der Waals surface area contributed by atoms with Gasteiger partial charge in [0.05, 0.1) is 0 Å². The Labute approximate surface area is 134 Å². The van der Waals surface area contributed by atoms with Crippen molar-refractivity contribution in [1.29, 1.82) is 0 Å². The molecule has 0 aliphatic heterocycles. The molecule has 0 saturated heterocycles. The number of rotatable bonds is 1. The summed E-state index contributed by atoms with van der Waals surface area (Å²) < 4.78 is 5.56. The van der Waals surface area contributed by atoms with Gasteiger partial charge in [-0.05, 0) is 108 Å². The summed E-state index contributed by atoms with van der Waals surface area (Å²) in [5.41, 5.74) is 1.49. The lowest BCUT2D eigenvalue weighted by molar-refractivity contribution is 0.851. The molecule has 0 unspecified atom stereocenters. The molecule has 0 amide bonds. The Balaban J connectivity index is 3.44. The van der Waals surface area contributed by atoms with Gasteiger partial charge in [-0.25, -0.2) is 0 Å². The van der Waals surface area contributed by atoms with Gasteiger partial charge >= 0.3 is 0 Å². The van der Waals surface area contributed by atoms with Crippen molar-refractivity contribution in [2.45, 2.75) is 19.8 Å². The van der Waals surface area contributed by atoms with Crippen LogP contribution in [0.25, 0.3) is 0 Å². The molecule has 0 bridgehead atoms. The second-order valence-corrected chi connectivity index (χ2v) is 7.52. The van der Waals surface area contributed by atoms with Crippen molar-refractivity contribution in [1.82, 2.24) is 0 Å². The highest BCUT2D eigenvalue weighted by molar-refractivity contribution is 14.1. The van der Waals surface area contributed by atoms with Gasteiger partial charge in [-0.1, -0.05) is 13.8 Å². The Hall–Kier alpha value is 2.14. The Bertz CT molecular complexity index is 331. The van der Waals surface area contributed by atoms with Crippen LogP contribution in [0.1, 0.15) is 25.3 Å². The molecule has 1 aromatic carbocycles. The topological polar surface area (TPSA) is 0 Å². The van der Waals surface area contributed by atoms with E-state index in [1.807, 2.05) is 0 Å². The van der Waals surface area contributed by atoms with Crippen molar-refractivity contribution in [3.8, 4) is 0 Å². The van der Waals surface area contributed by atoms with Crippen LogP contribution in [0.5, 0.6) is 0 Å². The molecule has 0 heterocycles. The summed E-state index contributed by atoms with van der Waals surface area (Å²) in [7, 11) is 0. The molecule has 1 aromatic rings. The molecule has 0 nitrogen and oxygen atoms in total. The number of hydrogen-bond acceptors (Lipinski definition) is 0. The van der Waals surface area contributed by atoms with Crippen LogP contribution in [-0.2, 0) is 0 Å². The molecule has 0 N–H and O–H groups in total. The fourth-order valence-electron chi connectivity index (χ4n) is 1.11. The minimum Gasteiger partial charge on any atom is -0.0586 e. The standard InChI is InChI=1S/C9H8I4/c1-4(2)7-5(10)3-6(11)8(12)9(7)13/h3-4H,1-2H3. The van der Waals surface area contributed by atoms with Crippen molar-refractivity contribution in [3.63, 3.8) is 0 Å². The molecule has 4 heteroatoms. The summed E-state index contributed by atoms with van der Waals surface area (Å²) in [4.78, 5) is 0. The zero-order valence-corrected chi connectivity index (χ0v) is 15.8. The Morgan fingerprint density at radius 3 is 1.92 bits per heavy atom. The molecule has 0 radical (unpaired) electrons. The van der Waals surface area contributed by atoms with Gasteiger partial charge in [-0.15, -0.1) is 0 Å². The van der Waals surface area contributed by atoms with Gasteiger partial charge < -0.3 is 0 Å². The summed E-state index contributed by atoms with van der Waals surface area (Å²) in [6.45, 7) is 4.51. The average molecular weight is 624 g/mol. The third kappa shape index (κ3) is 3.05. The fourth-order valence-corrected chi connectivity index (χ4v) is 6.17. The van der Waals surface area contributed by atoms with E-state index in [9.17, 15) is 0 Å². The third-order valence-corrected chi connectivity index (χ3v) is 7.78. The van der Waals surface area contributed by atoms with Gasteiger partial charge in [-0.2, -0.15) is 0 Å². The van der Waals surface area contributed by atoms with E-state index in [0.29, 0.717) is 5.92 Å². The molecular weight excluding hydrogens is 616 g/mol. The normalized spacial score (nSPS) is 11.0. The molecule has 0 aliphatic rings. The van der Waals surface area contributed by atoms with Crippen molar-refractivity contribution in [2.75, 3.05) is 0 Å². The van der Waals surface area contributed by atoms with Crippen molar-refractivity contribution < 1.29 is 0 Å². The Kier molecular flexibility index (Phi) is 5.55. The fraction of sp³-hybridized carbons (Fsp3) is 0.333. The van der Waals surface area contributed by atoms with Crippen molar-refractivity contribution >= 4 is 90.4 Å². The van der Waals surface area contributed by atoms with E-state index in [2.05, 4.69) is 110 Å². The van der Waals surface area contributed by atoms with E-state index in [1.165, 1.54) is 19.8 Å². The molecular formula is C9H8I4. The Morgan fingerprint density at radius 2 is 1.46 bits per heavy atom. The number of halogens is 4. The summed E-state index contributed by atoms with van der Waals surface area (Å²) in [6, 6.07) is 2.26. The molecule has 0 aromatic heterocycles. The van der Waals surface area contributed by atoms with Crippen LogP contribution >= 0.6 is 90.4 Å². The summed E-state index contributed by atoms with van der Waals surface area (Å²) >= 11 is 9.71. The van der Waals surface area contributed by atoms with Gasteiger partial charge in [0, 0.05) is 14.3 Å². The smallest absolute Gasteiger partial charge is 0.0401 e.